The molecule has 0 aliphatic rings. The van der Waals surface area contributed by atoms with Crippen LogP contribution < -0.4 is 11.3 Å². The number of nitrogen functional groups attached to an aromatic ring is 1. The summed E-state index contributed by atoms with van der Waals surface area (Å²) in [6.45, 7) is 2.01. The summed E-state index contributed by atoms with van der Waals surface area (Å²) < 4.78 is 0. The fraction of sp³-hybridized carbons (Fsp3) is 0.273. The monoisotopic (exact) mass is 247 g/mol. The molecule has 0 spiro atoms. The maximum absolute atomic E-state index is 10.7. The molecule has 18 heavy (non-hydrogen) atoms. The van der Waals surface area contributed by atoms with E-state index in [-0.39, 0.29) is 5.69 Å². The molecular formula is C11H13N5O2. The Hall–Kier alpha value is -2.28. The predicted molar refractivity (Wildman–Crippen MR) is 68.0 cm³/mol. The van der Waals surface area contributed by atoms with E-state index in [1.807, 2.05) is 6.92 Å². The number of anilines is 1. The van der Waals surface area contributed by atoms with E-state index in [1.165, 1.54) is 12.1 Å². The van der Waals surface area contributed by atoms with Gasteiger partial charge >= 0.3 is 0 Å². The maximum atomic E-state index is 10.7. The van der Waals surface area contributed by atoms with Crippen LogP contribution in [0.1, 0.15) is 19.2 Å². The predicted octanol–water partition coefficient (Wildman–Crippen LogP) is 1.78. The molecular weight excluding hydrogens is 234 g/mol. The van der Waals surface area contributed by atoms with Crippen LogP contribution in [-0.4, -0.2) is 14.9 Å². The second-order valence-corrected chi connectivity index (χ2v) is 3.84. The summed E-state index contributed by atoms with van der Waals surface area (Å²) in [4.78, 5) is 18.9. The second-order valence-electron chi connectivity index (χ2n) is 3.84. The molecule has 7 nitrogen and oxygen atoms in total. The summed E-state index contributed by atoms with van der Waals surface area (Å²) in [7, 11) is 0. The molecule has 3 N–H and O–H groups in total. The highest BCUT2D eigenvalue weighted by Gasteiger charge is 2.11. The number of fused-ring (bicyclic) bond motifs is 1. The number of aromatic nitrogens is 2. The number of non-ortho nitro benzene ring substituents is 1. The highest BCUT2D eigenvalue weighted by Crippen LogP contribution is 2.24. The molecule has 1 heterocycles. The first kappa shape index (κ1) is 12.2. The molecule has 0 saturated heterocycles. The standard InChI is InChI=1S/C11H13N5O2/c1-2-3-10-13-9-6-7(16(17)18)4-5-8(9)11(14-10)15-12/h4-6H,2-3,12H2,1H3,(H,13,14,15). The lowest BCUT2D eigenvalue weighted by Crippen LogP contribution is -2.11. The molecule has 0 saturated carbocycles. The fourth-order valence-electron chi connectivity index (χ4n) is 1.73. The molecule has 2 aromatic rings. The van der Waals surface area contributed by atoms with E-state index in [0.29, 0.717) is 29.0 Å². The van der Waals surface area contributed by atoms with Crippen molar-refractivity contribution in [1.29, 1.82) is 0 Å². The van der Waals surface area contributed by atoms with E-state index < -0.39 is 4.92 Å². The Morgan fingerprint density at radius 3 is 2.83 bits per heavy atom. The van der Waals surface area contributed by atoms with E-state index in [0.717, 1.165) is 6.42 Å². The Morgan fingerprint density at radius 1 is 1.44 bits per heavy atom. The summed E-state index contributed by atoms with van der Waals surface area (Å²) in [5, 5.41) is 11.4. The van der Waals surface area contributed by atoms with Crippen molar-refractivity contribution in [2.75, 3.05) is 5.43 Å². The van der Waals surface area contributed by atoms with Gasteiger partial charge in [-0.3, -0.25) is 10.1 Å². The SMILES string of the molecule is CCCc1nc(NN)c2ccc([N+](=O)[O-])cc2n1. The van der Waals surface area contributed by atoms with Gasteiger partial charge < -0.3 is 5.43 Å². The van der Waals surface area contributed by atoms with Gasteiger partial charge in [0.2, 0.25) is 0 Å². The van der Waals surface area contributed by atoms with Gasteiger partial charge in [0, 0.05) is 23.9 Å². The highest BCUT2D eigenvalue weighted by molar-refractivity contribution is 5.90. The van der Waals surface area contributed by atoms with Crippen molar-refractivity contribution in [3.63, 3.8) is 0 Å². The van der Waals surface area contributed by atoms with Gasteiger partial charge in [-0.1, -0.05) is 6.92 Å². The first-order chi connectivity index (χ1) is 8.65. The normalized spacial score (nSPS) is 10.6. The molecule has 94 valence electrons. The van der Waals surface area contributed by atoms with Crippen LogP contribution in [0.5, 0.6) is 0 Å². The molecule has 0 unspecified atom stereocenters. The molecule has 0 fully saturated rings. The van der Waals surface area contributed by atoms with Crippen molar-refractivity contribution < 1.29 is 4.92 Å². The molecule has 0 aliphatic carbocycles. The van der Waals surface area contributed by atoms with E-state index >= 15 is 0 Å². The first-order valence-electron chi connectivity index (χ1n) is 5.57. The van der Waals surface area contributed by atoms with Gasteiger partial charge in [0.1, 0.15) is 5.82 Å². The summed E-state index contributed by atoms with van der Waals surface area (Å²) in [5.74, 6) is 6.51. The summed E-state index contributed by atoms with van der Waals surface area (Å²) in [6, 6.07) is 4.43. The van der Waals surface area contributed by atoms with E-state index in [9.17, 15) is 10.1 Å². The van der Waals surface area contributed by atoms with Crippen molar-refractivity contribution in [1.82, 2.24) is 9.97 Å². The van der Waals surface area contributed by atoms with Crippen LogP contribution in [0.2, 0.25) is 0 Å². The number of nitrogens with zero attached hydrogens (tertiary/aromatic N) is 3. The summed E-state index contributed by atoms with van der Waals surface area (Å²) in [6.07, 6.45) is 1.59. The number of rotatable bonds is 4. The van der Waals surface area contributed by atoms with Crippen LogP contribution in [0.3, 0.4) is 0 Å². The Balaban J connectivity index is 2.64. The Morgan fingerprint density at radius 2 is 2.22 bits per heavy atom. The largest absolute Gasteiger partial charge is 0.308 e. The maximum Gasteiger partial charge on any atom is 0.271 e. The van der Waals surface area contributed by atoms with E-state index in [2.05, 4.69) is 15.4 Å². The van der Waals surface area contributed by atoms with Gasteiger partial charge in [-0.05, 0) is 12.5 Å². The van der Waals surface area contributed by atoms with Crippen molar-refractivity contribution in [2.24, 2.45) is 5.84 Å². The number of aryl methyl sites for hydroxylation is 1. The van der Waals surface area contributed by atoms with Crippen molar-refractivity contribution in [3.05, 3.63) is 34.1 Å². The smallest absolute Gasteiger partial charge is 0.271 e. The number of hydrogen-bond donors (Lipinski definition) is 2. The Bertz CT molecular complexity index is 599. The van der Waals surface area contributed by atoms with Crippen LogP contribution in [0.4, 0.5) is 11.5 Å². The quantitative estimate of drug-likeness (QED) is 0.484. The molecule has 0 radical (unpaired) electrons. The van der Waals surface area contributed by atoms with Gasteiger partial charge in [0.15, 0.2) is 5.82 Å². The van der Waals surface area contributed by atoms with Crippen molar-refractivity contribution in [3.8, 4) is 0 Å². The minimum atomic E-state index is -0.448. The van der Waals surface area contributed by atoms with Crippen LogP contribution in [0.15, 0.2) is 18.2 Å². The number of nitro benzene ring substituents is 1. The molecule has 0 amide bonds. The molecule has 1 aromatic heterocycles. The number of hydrogen-bond acceptors (Lipinski definition) is 6. The summed E-state index contributed by atoms with van der Waals surface area (Å²) >= 11 is 0. The molecule has 0 aliphatic heterocycles. The van der Waals surface area contributed by atoms with Crippen LogP contribution >= 0.6 is 0 Å². The first-order valence-corrected chi connectivity index (χ1v) is 5.57. The average Bonchev–Trinajstić information content (AvgIpc) is 2.37. The number of hydrazine groups is 1. The minimum absolute atomic E-state index is 0.00613. The van der Waals surface area contributed by atoms with Crippen LogP contribution in [-0.2, 0) is 6.42 Å². The third-order valence-corrected chi connectivity index (χ3v) is 2.55. The third kappa shape index (κ3) is 2.21. The zero-order chi connectivity index (χ0) is 13.1. The fourth-order valence-corrected chi connectivity index (χ4v) is 1.73. The number of nitrogens with two attached hydrogens (primary N) is 1. The Kier molecular flexibility index (Phi) is 3.33. The Labute approximate surface area is 103 Å². The lowest BCUT2D eigenvalue weighted by atomic mass is 10.2. The summed E-state index contributed by atoms with van der Waals surface area (Å²) in [5.41, 5.74) is 3.03. The number of benzene rings is 1. The molecule has 0 atom stereocenters. The van der Waals surface area contributed by atoms with Crippen LogP contribution in [0.25, 0.3) is 10.9 Å². The third-order valence-electron chi connectivity index (χ3n) is 2.55. The van der Waals surface area contributed by atoms with Gasteiger partial charge in [-0.25, -0.2) is 15.8 Å². The number of nitro groups is 1. The second kappa shape index (κ2) is 4.92. The highest BCUT2D eigenvalue weighted by atomic mass is 16.6. The van der Waals surface area contributed by atoms with Gasteiger partial charge in [0.25, 0.3) is 5.69 Å². The topological polar surface area (TPSA) is 107 Å². The molecule has 2 rings (SSSR count). The van der Waals surface area contributed by atoms with E-state index in [4.69, 9.17) is 5.84 Å². The van der Waals surface area contributed by atoms with Crippen LogP contribution in [0, 0.1) is 10.1 Å². The number of nitrogens with one attached hydrogen (secondary N) is 1. The zero-order valence-electron chi connectivity index (χ0n) is 9.88. The molecule has 0 bridgehead atoms. The van der Waals surface area contributed by atoms with Crippen molar-refractivity contribution in [2.45, 2.75) is 19.8 Å². The average molecular weight is 247 g/mol. The lowest BCUT2D eigenvalue weighted by molar-refractivity contribution is -0.384. The lowest BCUT2D eigenvalue weighted by Gasteiger charge is -2.07. The van der Waals surface area contributed by atoms with Crippen molar-refractivity contribution >= 4 is 22.4 Å². The molecule has 1 aromatic carbocycles. The minimum Gasteiger partial charge on any atom is -0.308 e. The van der Waals surface area contributed by atoms with Gasteiger partial charge in [-0.15, -0.1) is 0 Å². The van der Waals surface area contributed by atoms with Gasteiger partial charge in [-0.2, -0.15) is 0 Å². The molecule has 7 heteroatoms. The van der Waals surface area contributed by atoms with Gasteiger partial charge in [0.05, 0.1) is 10.4 Å². The zero-order valence-corrected chi connectivity index (χ0v) is 9.88. The van der Waals surface area contributed by atoms with E-state index in [1.54, 1.807) is 6.07 Å².